The van der Waals surface area contributed by atoms with Crippen LogP contribution >= 0.6 is 15.9 Å². The second kappa shape index (κ2) is 8.41. The van der Waals surface area contributed by atoms with Gasteiger partial charge in [-0.1, -0.05) is 24.3 Å². The van der Waals surface area contributed by atoms with E-state index in [0.29, 0.717) is 22.7 Å². The lowest BCUT2D eigenvalue weighted by Crippen LogP contribution is -2.30. The maximum Gasteiger partial charge on any atom is 0.259 e. The van der Waals surface area contributed by atoms with Crippen LogP contribution in [-0.4, -0.2) is 26.1 Å². The van der Waals surface area contributed by atoms with Crippen molar-refractivity contribution in [2.24, 2.45) is 0 Å². The summed E-state index contributed by atoms with van der Waals surface area (Å²) in [5.41, 5.74) is 1.40. The molecule has 29 heavy (non-hydrogen) atoms. The minimum absolute atomic E-state index is 0.323. The van der Waals surface area contributed by atoms with E-state index in [1.807, 2.05) is 24.3 Å². The number of amides is 1. The molecule has 4 nitrogen and oxygen atoms in total. The van der Waals surface area contributed by atoms with Gasteiger partial charge in [-0.3, -0.25) is 4.79 Å². The zero-order chi connectivity index (χ0) is 20.4. The molecule has 0 atom stereocenters. The molecule has 1 aliphatic rings. The standard InChI is InChI=1S/C23H22BrFN2O2/c1-29-22-18(13-15-7-3-4-8-17(15)21(22)24)23(28)26-16-9-10-20(19(25)14-16)27-11-5-2-6-12-27/h3-4,7-10,13-14H,2,5-6,11-12H2,1H3,(H,26,28). The fourth-order valence-corrected chi connectivity index (χ4v) is 4.56. The smallest absolute Gasteiger partial charge is 0.259 e. The molecule has 1 amide bonds. The summed E-state index contributed by atoms with van der Waals surface area (Å²) >= 11 is 3.54. The third-order valence-corrected chi connectivity index (χ3v) is 6.08. The Balaban J connectivity index is 1.62. The molecule has 3 aromatic carbocycles. The van der Waals surface area contributed by atoms with Crippen molar-refractivity contribution in [1.82, 2.24) is 0 Å². The van der Waals surface area contributed by atoms with Gasteiger partial charge in [0.1, 0.15) is 11.6 Å². The van der Waals surface area contributed by atoms with Crippen molar-refractivity contribution in [3.8, 4) is 5.75 Å². The number of piperidine rings is 1. The van der Waals surface area contributed by atoms with Gasteiger partial charge in [0.25, 0.3) is 5.91 Å². The minimum atomic E-state index is -0.349. The quantitative estimate of drug-likeness (QED) is 0.523. The Hall–Kier alpha value is -2.60. The highest BCUT2D eigenvalue weighted by atomic mass is 79.9. The predicted molar refractivity (Wildman–Crippen MR) is 119 cm³/mol. The first-order chi connectivity index (χ1) is 14.1. The predicted octanol–water partition coefficient (Wildman–Crippen LogP) is 5.99. The Kier molecular flexibility index (Phi) is 5.72. The molecule has 1 N–H and O–H groups in total. The molecule has 0 radical (unpaired) electrons. The molecule has 0 unspecified atom stereocenters. The van der Waals surface area contributed by atoms with Gasteiger partial charge in [-0.25, -0.2) is 4.39 Å². The lowest BCUT2D eigenvalue weighted by Gasteiger charge is -2.29. The summed E-state index contributed by atoms with van der Waals surface area (Å²) in [7, 11) is 1.53. The number of ether oxygens (including phenoxy) is 1. The summed E-state index contributed by atoms with van der Waals surface area (Å²) in [6.07, 6.45) is 3.35. The molecule has 1 fully saturated rings. The van der Waals surface area contributed by atoms with Crippen molar-refractivity contribution in [3.63, 3.8) is 0 Å². The van der Waals surface area contributed by atoms with Gasteiger partial charge in [0.15, 0.2) is 0 Å². The van der Waals surface area contributed by atoms with Gasteiger partial charge < -0.3 is 15.0 Å². The van der Waals surface area contributed by atoms with E-state index in [1.165, 1.54) is 19.6 Å². The number of carbonyl (C=O) groups is 1. The van der Waals surface area contributed by atoms with Crippen LogP contribution in [0.15, 0.2) is 53.0 Å². The van der Waals surface area contributed by atoms with E-state index >= 15 is 0 Å². The van der Waals surface area contributed by atoms with Crippen LogP contribution in [0.2, 0.25) is 0 Å². The number of anilines is 2. The third-order valence-electron chi connectivity index (χ3n) is 5.29. The molecular weight excluding hydrogens is 435 g/mol. The lowest BCUT2D eigenvalue weighted by atomic mass is 10.0. The minimum Gasteiger partial charge on any atom is -0.495 e. The largest absolute Gasteiger partial charge is 0.495 e. The summed E-state index contributed by atoms with van der Waals surface area (Å²) in [6, 6.07) is 14.4. The average Bonchev–Trinajstić information content (AvgIpc) is 2.74. The van der Waals surface area contributed by atoms with Gasteiger partial charge in [0, 0.05) is 18.8 Å². The molecule has 0 saturated carbocycles. The molecule has 0 aromatic heterocycles. The number of benzene rings is 3. The fourth-order valence-electron chi connectivity index (χ4n) is 3.83. The summed E-state index contributed by atoms with van der Waals surface area (Å²) in [5, 5.41) is 4.67. The fraction of sp³-hybridized carbons (Fsp3) is 0.261. The van der Waals surface area contributed by atoms with E-state index < -0.39 is 0 Å². The average molecular weight is 457 g/mol. The zero-order valence-electron chi connectivity index (χ0n) is 16.2. The van der Waals surface area contributed by atoms with E-state index in [2.05, 4.69) is 26.1 Å². The van der Waals surface area contributed by atoms with Crippen LogP contribution in [0, 0.1) is 5.82 Å². The summed E-state index contributed by atoms with van der Waals surface area (Å²) in [5.74, 6) is -0.221. The van der Waals surface area contributed by atoms with Crippen molar-refractivity contribution in [2.45, 2.75) is 19.3 Å². The molecular formula is C23H22BrFN2O2. The molecule has 1 saturated heterocycles. The second-order valence-electron chi connectivity index (χ2n) is 7.16. The highest BCUT2D eigenvalue weighted by molar-refractivity contribution is 9.10. The van der Waals surface area contributed by atoms with Gasteiger partial charge in [-0.15, -0.1) is 0 Å². The Bertz CT molecular complexity index is 1060. The van der Waals surface area contributed by atoms with Crippen LogP contribution in [0.4, 0.5) is 15.8 Å². The SMILES string of the molecule is COc1c(C(=O)Nc2ccc(N3CCCCC3)c(F)c2)cc2ccccc2c1Br. The van der Waals surface area contributed by atoms with Crippen molar-refractivity contribution < 1.29 is 13.9 Å². The van der Waals surface area contributed by atoms with Crippen molar-refractivity contribution in [1.29, 1.82) is 0 Å². The van der Waals surface area contributed by atoms with Gasteiger partial charge in [0.05, 0.1) is 22.8 Å². The van der Waals surface area contributed by atoms with E-state index in [1.54, 1.807) is 18.2 Å². The van der Waals surface area contributed by atoms with Crippen molar-refractivity contribution >= 4 is 44.0 Å². The molecule has 0 aliphatic carbocycles. The number of nitrogens with one attached hydrogen (secondary N) is 1. The Morgan fingerprint density at radius 1 is 1.10 bits per heavy atom. The number of hydrogen-bond acceptors (Lipinski definition) is 3. The molecule has 1 heterocycles. The molecule has 4 rings (SSSR count). The van der Waals surface area contributed by atoms with Crippen LogP contribution in [-0.2, 0) is 0 Å². The number of nitrogens with zero attached hydrogens (tertiary/aromatic N) is 1. The van der Waals surface area contributed by atoms with Crippen molar-refractivity contribution in [2.75, 3.05) is 30.4 Å². The second-order valence-corrected chi connectivity index (χ2v) is 7.95. The molecule has 6 heteroatoms. The molecule has 0 spiro atoms. The normalized spacial score (nSPS) is 14.1. The van der Waals surface area contributed by atoms with Crippen LogP contribution in [0.5, 0.6) is 5.75 Å². The molecule has 3 aromatic rings. The van der Waals surface area contributed by atoms with Crippen LogP contribution < -0.4 is 15.0 Å². The van der Waals surface area contributed by atoms with E-state index in [0.717, 1.165) is 41.2 Å². The number of carbonyl (C=O) groups excluding carboxylic acids is 1. The van der Waals surface area contributed by atoms with Crippen LogP contribution in [0.3, 0.4) is 0 Å². The van der Waals surface area contributed by atoms with E-state index in [4.69, 9.17) is 4.74 Å². The van der Waals surface area contributed by atoms with Crippen LogP contribution in [0.1, 0.15) is 29.6 Å². The highest BCUT2D eigenvalue weighted by Crippen LogP contribution is 2.37. The third kappa shape index (κ3) is 3.94. The Labute approximate surface area is 177 Å². The van der Waals surface area contributed by atoms with Crippen molar-refractivity contribution in [3.05, 3.63) is 64.4 Å². The lowest BCUT2D eigenvalue weighted by molar-refractivity contribution is 0.102. The molecule has 150 valence electrons. The first-order valence-electron chi connectivity index (χ1n) is 9.69. The maximum absolute atomic E-state index is 14.7. The summed E-state index contributed by atoms with van der Waals surface area (Å²) in [6.45, 7) is 1.73. The Morgan fingerprint density at radius 3 is 2.59 bits per heavy atom. The topological polar surface area (TPSA) is 41.6 Å². The number of hydrogen-bond donors (Lipinski definition) is 1. The van der Waals surface area contributed by atoms with Gasteiger partial charge >= 0.3 is 0 Å². The van der Waals surface area contributed by atoms with Gasteiger partial charge in [-0.2, -0.15) is 0 Å². The number of rotatable bonds is 4. The zero-order valence-corrected chi connectivity index (χ0v) is 17.8. The first-order valence-corrected chi connectivity index (χ1v) is 10.5. The first kappa shape index (κ1) is 19.7. The Morgan fingerprint density at radius 2 is 1.86 bits per heavy atom. The maximum atomic E-state index is 14.7. The number of fused-ring (bicyclic) bond motifs is 1. The molecule has 1 aliphatic heterocycles. The number of methoxy groups -OCH3 is 1. The van der Waals surface area contributed by atoms with E-state index in [-0.39, 0.29) is 11.7 Å². The van der Waals surface area contributed by atoms with E-state index in [9.17, 15) is 9.18 Å². The van der Waals surface area contributed by atoms with Gasteiger partial charge in [0.2, 0.25) is 0 Å². The summed E-state index contributed by atoms with van der Waals surface area (Å²) < 4.78 is 20.9. The van der Waals surface area contributed by atoms with Gasteiger partial charge in [-0.05, 0) is 70.2 Å². The highest BCUT2D eigenvalue weighted by Gasteiger charge is 2.20. The number of halogens is 2. The summed E-state index contributed by atoms with van der Waals surface area (Å²) in [4.78, 5) is 15.0. The monoisotopic (exact) mass is 456 g/mol. The van der Waals surface area contributed by atoms with Crippen LogP contribution in [0.25, 0.3) is 10.8 Å². The molecule has 0 bridgehead atoms.